The van der Waals surface area contributed by atoms with E-state index in [2.05, 4.69) is 4.98 Å². The summed E-state index contributed by atoms with van der Waals surface area (Å²) in [7, 11) is 0. The van der Waals surface area contributed by atoms with Gasteiger partial charge in [0.1, 0.15) is 5.15 Å². The lowest BCUT2D eigenvalue weighted by Crippen LogP contribution is -2.14. The maximum Gasteiger partial charge on any atom is 0.305 e. The average Bonchev–Trinajstić information content (AvgIpc) is 2.29. The summed E-state index contributed by atoms with van der Waals surface area (Å²) in [5, 5.41) is 10.1. The van der Waals surface area contributed by atoms with Crippen molar-refractivity contribution in [3.05, 3.63) is 40.5 Å². The van der Waals surface area contributed by atoms with E-state index in [1.165, 1.54) is 0 Å². The molecule has 94 valence electrons. The Bertz CT molecular complexity index is 613. The Labute approximate surface area is 109 Å². The van der Waals surface area contributed by atoms with Gasteiger partial charge in [0.15, 0.2) is 0 Å². The molecule has 1 aromatic heterocycles. The number of nitrogens with two attached hydrogens (primary N) is 1. The second-order valence-electron chi connectivity index (χ2n) is 4.25. The van der Waals surface area contributed by atoms with Gasteiger partial charge in [-0.05, 0) is 36.2 Å². The molecule has 0 aliphatic carbocycles. The van der Waals surface area contributed by atoms with Crippen molar-refractivity contribution in [3.63, 3.8) is 0 Å². The standard InChI is InChI=1S/C13H13ClN2O2/c1-7-4-9-5-8(10(15)6-12(17)18)2-3-11(9)16-13(7)14/h2-5,10H,6,15H2,1H3,(H,17,18). The number of halogens is 1. The molecule has 0 amide bonds. The van der Waals surface area contributed by atoms with Crippen LogP contribution in [0.15, 0.2) is 24.3 Å². The fraction of sp³-hybridized carbons (Fsp3) is 0.231. The molecule has 1 heterocycles. The van der Waals surface area contributed by atoms with E-state index in [0.29, 0.717) is 5.15 Å². The average molecular weight is 265 g/mol. The Kier molecular flexibility index (Phi) is 3.50. The summed E-state index contributed by atoms with van der Waals surface area (Å²) < 4.78 is 0. The topological polar surface area (TPSA) is 76.2 Å². The molecule has 2 rings (SSSR count). The number of fused-ring (bicyclic) bond motifs is 1. The Morgan fingerprint density at radius 2 is 2.22 bits per heavy atom. The van der Waals surface area contributed by atoms with Gasteiger partial charge in [-0.2, -0.15) is 0 Å². The molecular formula is C13H13ClN2O2. The lowest BCUT2D eigenvalue weighted by Gasteiger charge is -2.10. The maximum absolute atomic E-state index is 10.6. The van der Waals surface area contributed by atoms with Gasteiger partial charge in [-0.3, -0.25) is 4.79 Å². The zero-order valence-corrected chi connectivity index (χ0v) is 10.6. The number of aryl methyl sites for hydroxylation is 1. The summed E-state index contributed by atoms with van der Waals surface area (Å²) in [4.78, 5) is 14.9. The van der Waals surface area contributed by atoms with Crippen molar-refractivity contribution in [1.29, 1.82) is 0 Å². The smallest absolute Gasteiger partial charge is 0.305 e. The summed E-state index contributed by atoms with van der Waals surface area (Å²) in [5.74, 6) is -0.909. The van der Waals surface area contributed by atoms with Crippen LogP contribution in [0.25, 0.3) is 10.9 Å². The summed E-state index contributed by atoms with van der Waals surface area (Å²) in [6.07, 6.45) is -0.0918. The van der Waals surface area contributed by atoms with Crippen LogP contribution in [0.2, 0.25) is 5.15 Å². The highest BCUT2D eigenvalue weighted by atomic mass is 35.5. The number of carbonyl (C=O) groups is 1. The first-order valence-electron chi connectivity index (χ1n) is 5.51. The van der Waals surface area contributed by atoms with E-state index in [-0.39, 0.29) is 6.42 Å². The van der Waals surface area contributed by atoms with Gasteiger partial charge in [0.25, 0.3) is 0 Å². The highest BCUT2D eigenvalue weighted by Crippen LogP contribution is 2.23. The summed E-state index contributed by atoms with van der Waals surface area (Å²) in [5.41, 5.74) is 8.27. The number of rotatable bonds is 3. The molecule has 5 heteroatoms. The number of benzene rings is 1. The van der Waals surface area contributed by atoms with Crippen LogP contribution in [0.3, 0.4) is 0 Å². The molecule has 3 N–H and O–H groups in total. The highest BCUT2D eigenvalue weighted by Gasteiger charge is 2.11. The molecule has 18 heavy (non-hydrogen) atoms. The minimum absolute atomic E-state index is 0.0918. The number of hydrogen-bond donors (Lipinski definition) is 2. The minimum Gasteiger partial charge on any atom is -0.481 e. The molecule has 4 nitrogen and oxygen atoms in total. The van der Waals surface area contributed by atoms with Crippen LogP contribution < -0.4 is 5.73 Å². The van der Waals surface area contributed by atoms with Crippen LogP contribution in [0.1, 0.15) is 23.6 Å². The molecular weight excluding hydrogens is 252 g/mol. The van der Waals surface area contributed by atoms with Gasteiger partial charge in [-0.15, -0.1) is 0 Å². The van der Waals surface area contributed by atoms with Gasteiger partial charge in [0.05, 0.1) is 11.9 Å². The monoisotopic (exact) mass is 264 g/mol. The number of aliphatic carboxylic acids is 1. The normalized spacial score (nSPS) is 12.6. The van der Waals surface area contributed by atoms with Crippen molar-refractivity contribution in [1.82, 2.24) is 4.98 Å². The van der Waals surface area contributed by atoms with Crippen LogP contribution >= 0.6 is 11.6 Å². The number of pyridine rings is 1. The van der Waals surface area contributed by atoms with E-state index in [0.717, 1.165) is 22.0 Å². The molecule has 0 fully saturated rings. The summed E-state index contributed by atoms with van der Waals surface area (Å²) in [6.45, 7) is 1.87. The van der Waals surface area contributed by atoms with Gasteiger partial charge >= 0.3 is 5.97 Å². The third-order valence-corrected chi connectivity index (χ3v) is 3.17. The number of hydrogen-bond acceptors (Lipinski definition) is 3. The first-order chi connectivity index (χ1) is 8.47. The molecule has 0 spiro atoms. The van der Waals surface area contributed by atoms with Gasteiger partial charge < -0.3 is 10.8 Å². The lowest BCUT2D eigenvalue weighted by atomic mass is 10.0. The largest absolute Gasteiger partial charge is 0.481 e. The van der Waals surface area contributed by atoms with E-state index in [4.69, 9.17) is 22.4 Å². The second-order valence-corrected chi connectivity index (χ2v) is 4.61. The van der Waals surface area contributed by atoms with Crippen molar-refractivity contribution in [2.45, 2.75) is 19.4 Å². The van der Waals surface area contributed by atoms with E-state index >= 15 is 0 Å². The molecule has 0 saturated heterocycles. The maximum atomic E-state index is 10.6. The lowest BCUT2D eigenvalue weighted by molar-refractivity contribution is -0.137. The number of nitrogens with zero attached hydrogens (tertiary/aromatic N) is 1. The SMILES string of the molecule is Cc1cc2cc(C(N)CC(=O)O)ccc2nc1Cl. The van der Waals surface area contributed by atoms with Gasteiger partial charge in [0.2, 0.25) is 0 Å². The summed E-state index contributed by atoms with van der Waals surface area (Å²) in [6, 6.07) is 6.86. The number of aromatic nitrogens is 1. The van der Waals surface area contributed by atoms with Crippen molar-refractivity contribution < 1.29 is 9.90 Å². The van der Waals surface area contributed by atoms with Crippen LogP contribution in [0.4, 0.5) is 0 Å². The van der Waals surface area contributed by atoms with E-state index in [9.17, 15) is 4.79 Å². The molecule has 1 atom stereocenters. The first kappa shape index (κ1) is 12.8. The zero-order valence-electron chi connectivity index (χ0n) is 9.85. The molecule has 1 aromatic carbocycles. The molecule has 0 bridgehead atoms. The Morgan fingerprint density at radius 1 is 1.50 bits per heavy atom. The molecule has 1 unspecified atom stereocenters. The molecule has 0 radical (unpaired) electrons. The molecule has 2 aromatic rings. The fourth-order valence-corrected chi connectivity index (χ4v) is 1.96. The third-order valence-electron chi connectivity index (χ3n) is 2.79. The van der Waals surface area contributed by atoms with Gasteiger partial charge in [-0.1, -0.05) is 17.7 Å². The number of carboxylic acid groups (broad SMARTS) is 1. The van der Waals surface area contributed by atoms with Crippen LogP contribution in [0.5, 0.6) is 0 Å². The molecule has 0 saturated carbocycles. The van der Waals surface area contributed by atoms with Crippen LogP contribution in [0, 0.1) is 6.92 Å². The molecule has 0 aliphatic heterocycles. The van der Waals surface area contributed by atoms with Crippen molar-refractivity contribution in [3.8, 4) is 0 Å². The third kappa shape index (κ3) is 2.60. The van der Waals surface area contributed by atoms with E-state index in [1.54, 1.807) is 12.1 Å². The minimum atomic E-state index is -0.909. The van der Waals surface area contributed by atoms with Crippen molar-refractivity contribution in [2.24, 2.45) is 5.73 Å². The molecule has 0 aliphatic rings. The van der Waals surface area contributed by atoms with Crippen molar-refractivity contribution >= 4 is 28.5 Å². The first-order valence-corrected chi connectivity index (χ1v) is 5.89. The Balaban J connectivity index is 2.43. The summed E-state index contributed by atoms with van der Waals surface area (Å²) >= 11 is 5.95. The van der Waals surface area contributed by atoms with Crippen LogP contribution in [-0.4, -0.2) is 16.1 Å². The van der Waals surface area contributed by atoms with Crippen molar-refractivity contribution in [2.75, 3.05) is 0 Å². The highest BCUT2D eigenvalue weighted by molar-refractivity contribution is 6.30. The van der Waals surface area contributed by atoms with E-state index in [1.807, 2.05) is 19.1 Å². The fourth-order valence-electron chi connectivity index (χ4n) is 1.81. The van der Waals surface area contributed by atoms with Gasteiger partial charge in [0, 0.05) is 11.4 Å². The predicted octanol–water partition coefficient (Wildman–Crippen LogP) is 2.67. The quantitative estimate of drug-likeness (QED) is 0.836. The Morgan fingerprint density at radius 3 is 2.89 bits per heavy atom. The predicted molar refractivity (Wildman–Crippen MR) is 70.7 cm³/mol. The number of carboxylic acids is 1. The van der Waals surface area contributed by atoms with Gasteiger partial charge in [-0.25, -0.2) is 4.98 Å². The van der Waals surface area contributed by atoms with E-state index < -0.39 is 12.0 Å². The zero-order chi connectivity index (χ0) is 13.3. The Hall–Kier alpha value is -1.65. The van der Waals surface area contributed by atoms with Crippen LogP contribution in [-0.2, 0) is 4.79 Å². The second kappa shape index (κ2) is 4.92.